The summed E-state index contributed by atoms with van der Waals surface area (Å²) in [7, 11) is 0. The van der Waals surface area contributed by atoms with Crippen LogP contribution in [0, 0.1) is 5.92 Å². The van der Waals surface area contributed by atoms with Crippen molar-refractivity contribution in [1.82, 2.24) is 16.0 Å². The van der Waals surface area contributed by atoms with E-state index in [1.54, 1.807) is 0 Å². The Kier molecular flexibility index (Phi) is 30.9. The summed E-state index contributed by atoms with van der Waals surface area (Å²) in [6.45, 7) is -2.68. The molecular formula is C59H99N3O42. The molecule has 0 aliphatic carbocycles. The fourth-order valence-electron chi connectivity index (χ4n) is 13.7. The fraction of sp³-hybridized carbons (Fsp3) is 0.932. The van der Waals surface area contributed by atoms with Gasteiger partial charge >= 0.3 is 5.97 Å². The van der Waals surface area contributed by atoms with E-state index in [4.69, 9.17) is 75.8 Å². The van der Waals surface area contributed by atoms with Crippen LogP contribution in [0.1, 0.15) is 41.0 Å². The van der Waals surface area contributed by atoms with E-state index < -0.39 is 328 Å². The Morgan fingerprint density at radius 3 is 1.30 bits per heavy atom. The summed E-state index contributed by atoms with van der Waals surface area (Å²) in [4.78, 5) is 49.9. The predicted molar refractivity (Wildman–Crippen MR) is 323 cm³/mol. The number of rotatable bonds is 29. The van der Waals surface area contributed by atoms with Gasteiger partial charge in [0.25, 0.3) is 6.47 Å². The Labute approximate surface area is 590 Å². The summed E-state index contributed by atoms with van der Waals surface area (Å²) in [5, 5.41) is 251. The van der Waals surface area contributed by atoms with Gasteiger partial charge in [-0.05, 0) is 6.92 Å². The monoisotopic (exact) mass is 1520 g/mol. The lowest BCUT2D eigenvalue weighted by molar-refractivity contribution is -0.448. The second-order valence-electron chi connectivity index (χ2n) is 26.6. The van der Waals surface area contributed by atoms with Gasteiger partial charge in [-0.15, -0.1) is 0 Å². The Bertz CT molecular complexity index is 2710. The van der Waals surface area contributed by atoms with Crippen LogP contribution >= 0.6 is 0 Å². The summed E-state index contributed by atoms with van der Waals surface area (Å²) < 4.78 is 94.0. The first-order valence-electron chi connectivity index (χ1n) is 33.4. The van der Waals surface area contributed by atoms with Crippen LogP contribution in [0.4, 0.5) is 0 Å². The standard InChI is InChI=1S/C59H99N3O42/c1-16-21(74)6-59(90-15-70,103-46(16)33(76)22(75)7-63)104-51-36(79)25(10-66)93-57(45(51)88)100-49-28(13-69)96-54(32(40(49)83)62-20(5)73)102-52-42(85)35(78)24(9-65)94-58(52)89-14-29-37(80)50(101-55-43(86)41(84)34(77)23(8-64)92-55)44(87)56(97-29)99-48-27(12-68)95-53(31(39(48)82)61-19(4)72)98-47-26(11-67)91-17(2)30(38(47)81)60-18(3)71/h15-17,21-58,63-69,74-88H,6-14H2,1-5H3,(H,60,71)(H,61,72)(H,62,73)/t16-,17+,21-,22-,23-,24?,25?,26?,27?,28+,29?,30?,31?,32?,33-,34-,35-,36+,37-,38-,39-,40?,41?,42+,43?,44?,45?,46?,47-,48-,49-,50+,51+,52?,53+,54+,55-,56+,57+,58+,59+/m1/s1. The molecule has 41 atom stereocenters. The first-order valence-corrected chi connectivity index (χ1v) is 33.4. The molecule has 25 N–H and O–H groups in total. The summed E-state index contributed by atoms with van der Waals surface area (Å²) in [5.41, 5.74) is 0. The van der Waals surface area contributed by atoms with E-state index >= 15 is 0 Å². The van der Waals surface area contributed by atoms with Crippen LogP contribution in [-0.2, 0) is 95.0 Å². The van der Waals surface area contributed by atoms with Crippen molar-refractivity contribution in [2.75, 3.05) is 52.9 Å². The minimum absolute atomic E-state index is 0.231. The highest BCUT2D eigenvalue weighted by molar-refractivity contribution is 5.74. The van der Waals surface area contributed by atoms with Gasteiger partial charge in [-0.3, -0.25) is 19.2 Å². The van der Waals surface area contributed by atoms with E-state index in [0.29, 0.717) is 0 Å². The molecule has 0 aromatic carbocycles. The Hall–Kier alpha value is -3.60. The molecule has 0 spiro atoms. The minimum Gasteiger partial charge on any atom is -0.410 e. The molecule has 3 amide bonds. The number of hydrogen-bond acceptors (Lipinski definition) is 42. The molecule has 8 heterocycles. The summed E-state index contributed by atoms with van der Waals surface area (Å²) in [6.07, 6.45) is -72.0. The number of nitrogens with one attached hydrogen (secondary N) is 3. The van der Waals surface area contributed by atoms with Crippen LogP contribution in [0.15, 0.2) is 0 Å². The number of hydrogen-bond donors (Lipinski definition) is 25. The first kappa shape index (κ1) is 86.0. The molecule has 602 valence electrons. The molecule has 0 saturated carbocycles. The van der Waals surface area contributed by atoms with Crippen molar-refractivity contribution in [3.8, 4) is 0 Å². The zero-order chi connectivity index (χ0) is 76.8. The lowest BCUT2D eigenvalue weighted by Gasteiger charge is -2.51. The van der Waals surface area contributed by atoms with Gasteiger partial charge in [-0.25, -0.2) is 0 Å². The van der Waals surface area contributed by atoms with Crippen LogP contribution < -0.4 is 16.0 Å². The SMILES string of the molecule is CC(=O)NC1C(O)[C@H](O[C@@H]2OC(CO)[C@H](O)[C@H](O[C@]3(OC=O)C[C@@H](O)[C@@H](C)C([C@H](O)[C@H](O)CO)O3)C2O)[C@H](CO)O[C@H]1OC1[C@@H](OCC2O[C@@H](O[C@@H]3C(CO)O[C@@H](O[C@@H]4C(CO)O[C@@H](C)C(NC(C)=O)[C@H]4O)C(NC(C)=O)[C@H]3O)C(O)[C@@H](O[C@H]3O[C@H](CO)[C@@H](O)C(O)C3O)[C@@H]2O)OC(CO)[C@@H](O)[C@@H]1O. The third kappa shape index (κ3) is 18.9. The van der Waals surface area contributed by atoms with E-state index in [0.717, 1.165) is 20.8 Å². The van der Waals surface area contributed by atoms with Crippen molar-refractivity contribution in [2.24, 2.45) is 5.92 Å². The third-order valence-electron chi connectivity index (χ3n) is 19.3. The second-order valence-corrected chi connectivity index (χ2v) is 26.6. The maximum atomic E-state index is 13.0. The Balaban J connectivity index is 1.06. The number of aliphatic hydroxyl groups excluding tert-OH is 22. The average Bonchev–Trinajstić information content (AvgIpc) is 0.762. The predicted octanol–water partition coefficient (Wildman–Crippen LogP) is -16.4. The molecule has 8 fully saturated rings. The highest BCUT2D eigenvalue weighted by Gasteiger charge is 2.61. The largest absolute Gasteiger partial charge is 0.410 e. The number of carbonyl (C=O) groups is 4. The smallest absolute Gasteiger partial charge is 0.332 e. The molecule has 8 aliphatic heterocycles. The highest BCUT2D eigenvalue weighted by Crippen LogP contribution is 2.42. The van der Waals surface area contributed by atoms with E-state index in [2.05, 4.69) is 16.0 Å². The van der Waals surface area contributed by atoms with Crippen molar-refractivity contribution < 1.29 is 207 Å². The lowest BCUT2D eigenvalue weighted by atomic mass is 9.87. The quantitative estimate of drug-likeness (QED) is 0.0244. The molecule has 15 unspecified atom stereocenters. The van der Waals surface area contributed by atoms with Gasteiger partial charge < -0.3 is 204 Å². The van der Waals surface area contributed by atoms with Gasteiger partial charge in [0.2, 0.25) is 17.7 Å². The number of aliphatic hydroxyl groups is 22. The van der Waals surface area contributed by atoms with Gasteiger partial charge in [0.15, 0.2) is 37.7 Å². The van der Waals surface area contributed by atoms with Crippen molar-refractivity contribution in [1.29, 1.82) is 0 Å². The molecule has 0 aromatic heterocycles. The molecule has 45 heteroatoms. The van der Waals surface area contributed by atoms with Crippen LogP contribution in [0.5, 0.6) is 0 Å². The number of amides is 3. The van der Waals surface area contributed by atoms with Crippen LogP contribution in [0.2, 0.25) is 0 Å². The molecule has 0 bridgehead atoms. The first-order chi connectivity index (χ1) is 49.2. The summed E-state index contributed by atoms with van der Waals surface area (Å²) in [5.74, 6) is -6.32. The molecule has 0 aromatic rings. The second kappa shape index (κ2) is 37.4. The van der Waals surface area contributed by atoms with Crippen LogP contribution in [0.3, 0.4) is 0 Å². The molecular weight excluding hydrogens is 1420 g/mol. The third-order valence-corrected chi connectivity index (χ3v) is 19.3. The summed E-state index contributed by atoms with van der Waals surface area (Å²) in [6, 6.07) is -4.89. The van der Waals surface area contributed by atoms with E-state index in [9.17, 15) is 132 Å². The van der Waals surface area contributed by atoms with Gasteiger partial charge in [0, 0.05) is 26.7 Å². The maximum Gasteiger partial charge on any atom is 0.332 e. The summed E-state index contributed by atoms with van der Waals surface area (Å²) >= 11 is 0. The highest BCUT2D eigenvalue weighted by atomic mass is 16.9. The average molecular weight is 1520 g/mol. The lowest BCUT2D eigenvalue weighted by Crippen LogP contribution is -2.70. The van der Waals surface area contributed by atoms with Gasteiger partial charge in [0.1, 0.15) is 177 Å². The zero-order valence-corrected chi connectivity index (χ0v) is 56.5. The Morgan fingerprint density at radius 1 is 0.433 bits per heavy atom. The van der Waals surface area contributed by atoms with Crippen LogP contribution in [0.25, 0.3) is 0 Å². The van der Waals surface area contributed by atoms with Crippen molar-refractivity contribution >= 4 is 24.2 Å². The van der Waals surface area contributed by atoms with Crippen molar-refractivity contribution in [3.63, 3.8) is 0 Å². The molecule has 8 rings (SSSR count). The van der Waals surface area contributed by atoms with Crippen LogP contribution in [-0.4, -0.2) is 434 Å². The molecule has 8 saturated heterocycles. The van der Waals surface area contributed by atoms with Crippen molar-refractivity contribution in [2.45, 2.75) is 286 Å². The van der Waals surface area contributed by atoms with Gasteiger partial charge in [-0.1, -0.05) is 6.92 Å². The molecule has 8 aliphatic rings. The minimum atomic E-state index is -2.83. The van der Waals surface area contributed by atoms with Gasteiger partial charge in [-0.2, -0.15) is 0 Å². The normalized spacial score (nSPS) is 47.9. The van der Waals surface area contributed by atoms with E-state index in [1.807, 2.05) is 0 Å². The van der Waals surface area contributed by atoms with Crippen molar-refractivity contribution in [3.05, 3.63) is 0 Å². The zero-order valence-electron chi connectivity index (χ0n) is 56.5. The van der Waals surface area contributed by atoms with E-state index in [-0.39, 0.29) is 6.47 Å². The number of carbonyl (C=O) groups excluding carboxylic acids is 4. The fourth-order valence-corrected chi connectivity index (χ4v) is 13.7. The molecule has 104 heavy (non-hydrogen) atoms. The van der Waals surface area contributed by atoms with E-state index in [1.165, 1.54) is 13.8 Å². The topological polar surface area (TPSA) is 697 Å². The molecule has 0 radical (unpaired) electrons. The number of ether oxygens (including phenoxy) is 16. The maximum absolute atomic E-state index is 13.0. The van der Waals surface area contributed by atoms with Gasteiger partial charge in [0.05, 0.1) is 83.6 Å². The Morgan fingerprint density at radius 2 is 0.817 bits per heavy atom. The molecule has 45 nitrogen and oxygen atoms in total.